The molecule has 9 atom stereocenters. The van der Waals surface area contributed by atoms with Crippen LogP contribution in [0.1, 0.15) is 112 Å². The maximum atomic E-state index is 10.3. The van der Waals surface area contributed by atoms with Crippen LogP contribution in [0, 0.1) is 46.3 Å². The van der Waals surface area contributed by atoms with Gasteiger partial charge in [0.25, 0.3) is 0 Å². The van der Waals surface area contributed by atoms with Gasteiger partial charge in [-0.15, -0.1) is 0 Å². The minimum absolute atomic E-state index is 0.0286. The van der Waals surface area contributed by atoms with Gasteiger partial charge in [0, 0.05) is 0 Å². The highest BCUT2D eigenvalue weighted by atomic mass is 16.3. The van der Waals surface area contributed by atoms with Gasteiger partial charge in [-0.1, -0.05) is 33.6 Å². The zero-order chi connectivity index (χ0) is 21.0. The molecule has 0 amide bonds. The third kappa shape index (κ3) is 3.95. The van der Waals surface area contributed by atoms with Gasteiger partial charge in [0.1, 0.15) is 0 Å². The molecular weight excluding hydrogens is 356 g/mol. The van der Waals surface area contributed by atoms with E-state index in [9.17, 15) is 10.2 Å². The summed E-state index contributed by atoms with van der Waals surface area (Å²) in [6.07, 6.45) is 15.3. The van der Waals surface area contributed by atoms with E-state index in [1.807, 2.05) is 13.8 Å². The fourth-order valence-electron chi connectivity index (χ4n) is 9.27. The van der Waals surface area contributed by atoms with Crippen molar-refractivity contribution in [2.75, 3.05) is 0 Å². The average molecular weight is 405 g/mol. The lowest BCUT2D eigenvalue weighted by Crippen LogP contribution is -2.54. The number of hydrogen-bond acceptors (Lipinski definition) is 2. The number of hydrogen-bond donors (Lipinski definition) is 2. The third-order valence-electron chi connectivity index (χ3n) is 10.8. The van der Waals surface area contributed by atoms with Crippen molar-refractivity contribution in [3.8, 4) is 0 Å². The molecule has 29 heavy (non-hydrogen) atoms. The van der Waals surface area contributed by atoms with E-state index in [1.165, 1.54) is 51.4 Å². The van der Waals surface area contributed by atoms with E-state index in [2.05, 4.69) is 20.8 Å². The third-order valence-corrected chi connectivity index (χ3v) is 10.8. The standard InChI is InChI=1S/C27H48O2/c1-18(7-6-14-25(2,3)29)22-10-11-23-21-9-8-19-17-20(28)12-15-26(19,4)24(21)13-16-27(22,23)5/h18-24,28-29H,6-17H2,1-5H3/t18-,19-,20-,21?,22-,23?,24?,26+,27-/m1/s1. The van der Waals surface area contributed by atoms with Crippen LogP contribution in [-0.4, -0.2) is 21.9 Å². The summed E-state index contributed by atoms with van der Waals surface area (Å²) in [7, 11) is 0. The van der Waals surface area contributed by atoms with Crippen molar-refractivity contribution >= 4 is 0 Å². The Labute approximate surface area is 180 Å². The molecule has 4 aliphatic rings. The summed E-state index contributed by atoms with van der Waals surface area (Å²) in [6, 6.07) is 0. The van der Waals surface area contributed by atoms with E-state index >= 15 is 0 Å². The summed E-state index contributed by atoms with van der Waals surface area (Å²) >= 11 is 0. The molecule has 4 saturated carbocycles. The summed E-state index contributed by atoms with van der Waals surface area (Å²) in [4.78, 5) is 0. The molecule has 0 saturated heterocycles. The Hall–Kier alpha value is -0.0800. The summed E-state index contributed by atoms with van der Waals surface area (Å²) in [5, 5.41) is 20.3. The highest BCUT2D eigenvalue weighted by Crippen LogP contribution is 2.68. The van der Waals surface area contributed by atoms with Gasteiger partial charge >= 0.3 is 0 Å². The maximum absolute atomic E-state index is 10.3. The first-order valence-electron chi connectivity index (χ1n) is 12.9. The van der Waals surface area contributed by atoms with Gasteiger partial charge in [0.15, 0.2) is 0 Å². The van der Waals surface area contributed by atoms with E-state index < -0.39 is 5.60 Å². The van der Waals surface area contributed by atoms with Gasteiger partial charge in [-0.25, -0.2) is 0 Å². The molecule has 0 radical (unpaired) electrons. The van der Waals surface area contributed by atoms with Gasteiger partial charge in [-0.3, -0.25) is 0 Å². The lowest BCUT2D eigenvalue weighted by Gasteiger charge is -2.61. The van der Waals surface area contributed by atoms with Gasteiger partial charge in [-0.05, 0) is 124 Å². The molecule has 0 aliphatic heterocycles. The Balaban J connectivity index is 1.44. The quantitative estimate of drug-likeness (QED) is 0.543. The van der Waals surface area contributed by atoms with Crippen molar-refractivity contribution < 1.29 is 10.2 Å². The van der Waals surface area contributed by atoms with Crippen LogP contribution in [0.3, 0.4) is 0 Å². The molecule has 4 rings (SSSR count). The molecule has 0 heterocycles. The topological polar surface area (TPSA) is 40.5 Å². The lowest BCUT2D eigenvalue weighted by molar-refractivity contribution is -0.129. The van der Waals surface area contributed by atoms with Crippen LogP contribution in [0.5, 0.6) is 0 Å². The molecule has 4 aliphatic carbocycles. The summed E-state index contributed by atoms with van der Waals surface area (Å²) < 4.78 is 0. The predicted octanol–water partition coefficient (Wildman–Crippen LogP) is 6.58. The Bertz CT molecular complexity index is 580. The Kier molecular flexibility index (Phi) is 5.95. The largest absolute Gasteiger partial charge is 0.393 e. The molecule has 0 aromatic heterocycles. The zero-order valence-corrected chi connectivity index (χ0v) is 19.9. The highest BCUT2D eigenvalue weighted by Gasteiger charge is 2.60. The number of rotatable bonds is 5. The summed E-state index contributed by atoms with van der Waals surface area (Å²) in [6.45, 7) is 11.7. The van der Waals surface area contributed by atoms with Crippen LogP contribution in [-0.2, 0) is 0 Å². The highest BCUT2D eigenvalue weighted by molar-refractivity contribution is 5.09. The molecule has 4 fully saturated rings. The van der Waals surface area contributed by atoms with E-state index in [-0.39, 0.29) is 6.10 Å². The minimum atomic E-state index is -0.512. The van der Waals surface area contributed by atoms with Crippen LogP contribution >= 0.6 is 0 Å². The molecule has 0 aromatic rings. The van der Waals surface area contributed by atoms with E-state index in [4.69, 9.17) is 0 Å². The number of aliphatic hydroxyl groups excluding tert-OH is 1. The van der Waals surface area contributed by atoms with E-state index in [0.717, 1.165) is 61.2 Å². The zero-order valence-electron chi connectivity index (χ0n) is 19.9. The second-order valence-corrected chi connectivity index (χ2v) is 13.0. The molecule has 0 aromatic carbocycles. The van der Waals surface area contributed by atoms with Crippen LogP contribution < -0.4 is 0 Å². The van der Waals surface area contributed by atoms with E-state index in [1.54, 1.807) is 0 Å². The Morgan fingerprint density at radius 3 is 2.34 bits per heavy atom. The number of aliphatic hydroxyl groups is 2. The number of fused-ring (bicyclic) bond motifs is 5. The fourth-order valence-corrected chi connectivity index (χ4v) is 9.27. The molecule has 2 heteroatoms. The van der Waals surface area contributed by atoms with Crippen molar-refractivity contribution in [3.05, 3.63) is 0 Å². The first-order valence-corrected chi connectivity index (χ1v) is 12.9. The molecule has 0 spiro atoms. The predicted molar refractivity (Wildman–Crippen MR) is 121 cm³/mol. The second kappa shape index (κ2) is 7.80. The van der Waals surface area contributed by atoms with Gasteiger partial charge < -0.3 is 10.2 Å². The first-order chi connectivity index (χ1) is 13.5. The van der Waals surface area contributed by atoms with Crippen molar-refractivity contribution in [2.24, 2.45) is 46.3 Å². The van der Waals surface area contributed by atoms with Gasteiger partial charge in [0.05, 0.1) is 11.7 Å². The van der Waals surface area contributed by atoms with Crippen molar-refractivity contribution in [3.63, 3.8) is 0 Å². The van der Waals surface area contributed by atoms with Crippen molar-refractivity contribution in [1.29, 1.82) is 0 Å². The van der Waals surface area contributed by atoms with Crippen LogP contribution in [0.25, 0.3) is 0 Å². The van der Waals surface area contributed by atoms with Crippen LogP contribution in [0.2, 0.25) is 0 Å². The second-order valence-electron chi connectivity index (χ2n) is 13.0. The molecule has 3 unspecified atom stereocenters. The molecule has 2 N–H and O–H groups in total. The molecule has 2 nitrogen and oxygen atoms in total. The maximum Gasteiger partial charge on any atom is 0.0591 e. The van der Waals surface area contributed by atoms with Crippen molar-refractivity contribution in [2.45, 2.75) is 123 Å². The minimum Gasteiger partial charge on any atom is -0.393 e. The summed E-state index contributed by atoms with van der Waals surface area (Å²) in [5.41, 5.74) is 0.536. The average Bonchev–Trinajstić information content (AvgIpc) is 2.98. The lowest BCUT2D eigenvalue weighted by atomic mass is 9.44. The van der Waals surface area contributed by atoms with Gasteiger partial charge in [0.2, 0.25) is 0 Å². The molecule has 0 bridgehead atoms. The van der Waals surface area contributed by atoms with Gasteiger partial charge in [-0.2, -0.15) is 0 Å². The van der Waals surface area contributed by atoms with Crippen molar-refractivity contribution in [1.82, 2.24) is 0 Å². The SMILES string of the molecule is C[C@H](CCCC(C)(C)O)[C@H]1CCC2C3CC[C@@H]4C[C@H](O)CC[C@]4(C)C3CC[C@@]21C. The van der Waals surface area contributed by atoms with Crippen LogP contribution in [0.4, 0.5) is 0 Å². The smallest absolute Gasteiger partial charge is 0.0591 e. The normalized spacial score (nSPS) is 48.5. The molecular formula is C27H48O2. The summed E-state index contributed by atoms with van der Waals surface area (Å²) in [5.74, 6) is 5.24. The Morgan fingerprint density at radius 1 is 0.931 bits per heavy atom. The fraction of sp³-hybridized carbons (Fsp3) is 1.00. The van der Waals surface area contributed by atoms with E-state index in [0.29, 0.717) is 10.8 Å². The Morgan fingerprint density at radius 2 is 1.62 bits per heavy atom. The van der Waals surface area contributed by atoms with Crippen LogP contribution in [0.15, 0.2) is 0 Å². The monoisotopic (exact) mass is 404 g/mol. The molecule has 168 valence electrons. The first kappa shape index (κ1) is 22.1.